The molecule has 1 heterocycles. The third-order valence-electron chi connectivity index (χ3n) is 3.86. The average molecular weight is 257 g/mol. The molecule has 1 aliphatic rings. The van der Waals surface area contributed by atoms with E-state index in [9.17, 15) is 5.11 Å². The Bertz CT molecular complexity index is 223. The Morgan fingerprint density at radius 3 is 2.72 bits per heavy atom. The summed E-state index contributed by atoms with van der Waals surface area (Å²) >= 11 is 0. The molecule has 0 aromatic rings. The zero-order valence-electron chi connectivity index (χ0n) is 12.5. The first-order valence-electron chi connectivity index (χ1n) is 7.58. The highest BCUT2D eigenvalue weighted by atomic mass is 16.5. The Balaban J connectivity index is 2.40. The molecular formula is C15H31NO2. The Labute approximate surface area is 113 Å². The lowest BCUT2D eigenvalue weighted by molar-refractivity contribution is -0.0179. The topological polar surface area (TPSA) is 32.7 Å². The molecule has 3 heteroatoms. The summed E-state index contributed by atoms with van der Waals surface area (Å²) in [7, 11) is 0. The van der Waals surface area contributed by atoms with Crippen LogP contribution >= 0.6 is 0 Å². The fraction of sp³-hybridized carbons (Fsp3) is 1.00. The second-order valence-electron chi connectivity index (χ2n) is 6.09. The molecule has 18 heavy (non-hydrogen) atoms. The van der Waals surface area contributed by atoms with Crippen molar-refractivity contribution in [2.24, 2.45) is 5.41 Å². The largest absolute Gasteiger partial charge is 0.396 e. The van der Waals surface area contributed by atoms with Crippen LogP contribution in [0.2, 0.25) is 0 Å². The first kappa shape index (κ1) is 15.9. The minimum atomic E-state index is 0.0569. The summed E-state index contributed by atoms with van der Waals surface area (Å²) in [4.78, 5) is 2.48. The van der Waals surface area contributed by atoms with Crippen LogP contribution in [0.15, 0.2) is 0 Å². The fourth-order valence-corrected chi connectivity index (χ4v) is 2.93. The van der Waals surface area contributed by atoms with Crippen molar-refractivity contribution >= 4 is 0 Å². The van der Waals surface area contributed by atoms with Crippen molar-refractivity contribution in [1.82, 2.24) is 4.90 Å². The van der Waals surface area contributed by atoms with Crippen molar-refractivity contribution in [2.75, 3.05) is 32.8 Å². The monoisotopic (exact) mass is 257 g/mol. The predicted octanol–water partition coefficient (Wildman–Crippen LogP) is 2.68. The molecule has 0 aliphatic carbocycles. The number of hydrogen-bond donors (Lipinski definition) is 1. The molecule has 1 aliphatic heterocycles. The summed E-state index contributed by atoms with van der Waals surface area (Å²) in [6, 6.07) is 0. The smallest absolute Gasteiger partial charge is 0.0702 e. The zero-order valence-corrected chi connectivity index (χ0v) is 12.5. The van der Waals surface area contributed by atoms with Crippen LogP contribution < -0.4 is 0 Å². The van der Waals surface area contributed by atoms with E-state index >= 15 is 0 Å². The minimum absolute atomic E-state index is 0.0569. The van der Waals surface area contributed by atoms with Crippen LogP contribution in [0.25, 0.3) is 0 Å². The molecule has 0 aromatic heterocycles. The predicted molar refractivity (Wildman–Crippen MR) is 75.8 cm³/mol. The Morgan fingerprint density at radius 1 is 1.33 bits per heavy atom. The second kappa shape index (κ2) is 8.13. The molecule has 1 rings (SSSR count). The highest BCUT2D eigenvalue weighted by Gasteiger charge is 2.28. The van der Waals surface area contributed by atoms with Gasteiger partial charge in [0.2, 0.25) is 0 Å². The standard InChI is InChI=1S/C15H31NO2/c1-4-8-15(3,13-17)12-16-9-6-7-14(11-16)18-10-5-2/h14,17H,4-13H2,1-3H3. The van der Waals surface area contributed by atoms with Gasteiger partial charge in [-0.1, -0.05) is 27.2 Å². The maximum absolute atomic E-state index is 9.60. The molecule has 0 radical (unpaired) electrons. The van der Waals surface area contributed by atoms with Crippen molar-refractivity contribution in [2.45, 2.75) is 59.0 Å². The maximum atomic E-state index is 9.60. The van der Waals surface area contributed by atoms with E-state index in [2.05, 4.69) is 25.7 Å². The van der Waals surface area contributed by atoms with Gasteiger partial charge in [-0.3, -0.25) is 0 Å². The van der Waals surface area contributed by atoms with Crippen LogP contribution in [-0.4, -0.2) is 49.0 Å². The molecule has 2 atom stereocenters. The van der Waals surface area contributed by atoms with Crippen LogP contribution in [-0.2, 0) is 4.74 Å². The van der Waals surface area contributed by atoms with E-state index in [0.717, 1.165) is 45.5 Å². The molecule has 1 saturated heterocycles. The summed E-state index contributed by atoms with van der Waals surface area (Å²) in [6.07, 6.45) is 6.16. The fourth-order valence-electron chi connectivity index (χ4n) is 2.93. The summed E-state index contributed by atoms with van der Waals surface area (Å²) in [5.74, 6) is 0. The third kappa shape index (κ3) is 5.25. The molecule has 2 unspecified atom stereocenters. The molecule has 108 valence electrons. The summed E-state index contributed by atoms with van der Waals surface area (Å²) in [6.45, 7) is 10.9. The number of ether oxygens (including phenoxy) is 1. The van der Waals surface area contributed by atoms with E-state index < -0.39 is 0 Å². The van der Waals surface area contributed by atoms with Gasteiger partial charge in [-0.25, -0.2) is 0 Å². The highest BCUT2D eigenvalue weighted by molar-refractivity contribution is 4.81. The Kier molecular flexibility index (Phi) is 7.20. The molecule has 0 aromatic carbocycles. The molecule has 1 fully saturated rings. The van der Waals surface area contributed by atoms with Gasteiger partial charge >= 0.3 is 0 Å². The number of aliphatic hydroxyl groups excluding tert-OH is 1. The molecule has 0 amide bonds. The normalized spacial score (nSPS) is 25.0. The van der Waals surface area contributed by atoms with Crippen molar-refractivity contribution in [3.05, 3.63) is 0 Å². The SMILES string of the molecule is CCCOC1CCCN(CC(C)(CO)CCC)C1. The lowest BCUT2D eigenvalue weighted by Crippen LogP contribution is -2.45. The number of hydrogen-bond acceptors (Lipinski definition) is 3. The van der Waals surface area contributed by atoms with Crippen molar-refractivity contribution in [3.8, 4) is 0 Å². The molecule has 0 saturated carbocycles. The van der Waals surface area contributed by atoms with Gasteiger partial charge in [0.25, 0.3) is 0 Å². The van der Waals surface area contributed by atoms with Crippen LogP contribution in [0, 0.1) is 5.41 Å². The van der Waals surface area contributed by atoms with Crippen molar-refractivity contribution in [3.63, 3.8) is 0 Å². The second-order valence-corrected chi connectivity index (χ2v) is 6.09. The van der Waals surface area contributed by atoms with Crippen LogP contribution in [0.1, 0.15) is 52.9 Å². The zero-order chi connectivity index (χ0) is 13.4. The van der Waals surface area contributed by atoms with Crippen molar-refractivity contribution in [1.29, 1.82) is 0 Å². The molecule has 0 spiro atoms. The van der Waals surface area contributed by atoms with Gasteiger partial charge in [-0.05, 0) is 32.2 Å². The molecular weight excluding hydrogens is 226 g/mol. The first-order chi connectivity index (χ1) is 8.63. The number of nitrogens with zero attached hydrogens (tertiary/aromatic N) is 1. The van der Waals surface area contributed by atoms with Crippen molar-refractivity contribution < 1.29 is 9.84 Å². The molecule has 3 nitrogen and oxygen atoms in total. The van der Waals surface area contributed by atoms with Crippen LogP contribution in [0.4, 0.5) is 0 Å². The van der Waals surface area contributed by atoms with E-state index in [0.29, 0.717) is 6.10 Å². The Hall–Kier alpha value is -0.120. The van der Waals surface area contributed by atoms with E-state index in [-0.39, 0.29) is 12.0 Å². The van der Waals surface area contributed by atoms with Gasteiger partial charge in [-0.15, -0.1) is 0 Å². The van der Waals surface area contributed by atoms with E-state index in [1.54, 1.807) is 0 Å². The lowest BCUT2D eigenvalue weighted by Gasteiger charge is -2.38. The van der Waals surface area contributed by atoms with E-state index in [1.165, 1.54) is 12.8 Å². The summed E-state index contributed by atoms with van der Waals surface area (Å²) in [5.41, 5.74) is 0.0569. The van der Waals surface area contributed by atoms with Gasteiger partial charge in [-0.2, -0.15) is 0 Å². The minimum Gasteiger partial charge on any atom is -0.396 e. The molecule has 0 bridgehead atoms. The first-order valence-corrected chi connectivity index (χ1v) is 7.58. The van der Waals surface area contributed by atoms with E-state index in [4.69, 9.17) is 4.74 Å². The van der Waals surface area contributed by atoms with Gasteiger partial charge < -0.3 is 14.7 Å². The van der Waals surface area contributed by atoms with Crippen LogP contribution in [0.3, 0.4) is 0 Å². The average Bonchev–Trinajstić information content (AvgIpc) is 2.37. The summed E-state index contributed by atoms with van der Waals surface area (Å²) in [5, 5.41) is 9.60. The Morgan fingerprint density at radius 2 is 2.11 bits per heavy atom. The molecule has 1 N–H and O–H groups in total. The maximum Gasteiger partial charge on any atom is 0.0702 e. The van der Waals surface area contributed by atoms with Gasteiger partial charge in [0, 0.05) is 31.7 Å². The van der Waals surface area contributed by atoms with Gasteiger partial charge in [0.1, 0.15) is 0 Å². The van der Waals surface area contributed by atoms with E-state index in [1.807, 2.05) is 0 Å². The van der Waals surface area contributed by atoms with Gasteiger partial charge in [0.05, 0.1) is 6.10 Å². The number of piperidine rings is 1. The van der Waals surface area contributed by atoms with Gasteiger partial charge in [0.15, 0.2) is 0 Å². The third-order valence-corrected chi connectivity index (χ3v) is 3.86. The summed E-state index contributed by atoms with van der Waals surface area (Å²) < 4.78 is 5.87. The number of rotatable bonds is 8. The number of likely N-dealkylation sites (tertiary alicyclic amines) is 1. The highest BCUT2D eigenvalue weighted by Crippen LogP contribution is 2.26. The number of aliphatic hydroxyl groups is 1. The quantitative estimate of drug-likeness (QED) is 0.725. The lowest BCUT2D eigenvalue weighted by atomic mass is 9.85. The van der Waals surface area contributed by atoms with Crippen LogP contribution in [0.5, 0.6) is 0 Å².